The first-order valence-electron chi connectivity index (χ1n) is 7.23. The molecule has 114 valence electrons. The number of rotatable bonds is 4. The molecule has 0 fully saturated rings. The van der Waals surface area contributed by atoms with Crippen molar-refractivity contribution < 1.29 is 4.79 Å². The topological polar surface area (TPSA) is 61.9 Å². The first kappa shape index (κ1) is 14.8. The van der Waals surface area contributed by atoms with Gasteiger partial charge in [-0.2, -0.15) is 5.26 Å². The van der Waals surface area contributed by atoms with Crippen LogP contribution >= 0.6 is 0 Å². The largest absolute Gasteiger partial charge is 0.382 e. The number of aromatic nitrogens is 2. The molecule has 0 unspecified atom stereocenters. The van der Waals surface area contributed by atoms with Gasteiger partial charge in [0.15, 0.2) is 0 Å². The molecule has 1 aliphatic carbocycles. The molecule has 1 aromatic carbocycles. The van der Waals surface area contributed by atoms with Gasteiger partial charge in [-0.3, -0.25) is 4.79 Å². The van der Waals surface area contributed by atoms with Crippen molar-refractivity contribution in [1.82, 2.24) is 14.5 Å². The molecule has 0 aliphatic heterocycles. The van der Waals surface area contributed by atoms with Gasteiger partial charge in [0.25, 0.3) is 0 Å². The number of Topliss-reactive ketones (excluding diaryl/α,β-unsaturated/α-hetero) is 1. The number of nitriles is 1. The number of hydrogen-bond acceptors (Lipinski definition) is 4. The average molecular weight is 304 g/mol. The van der Waals surface area contributed by atoms with Gasteiger partial charge in [-0.1, -0.05) is 6.07 Å². The summed E-state index contributed by atoms with van der Waals surface area (Å²) in [7, 11) is 3.58. The third kappa shape index (κ3) is 2.92. The molecule has 2 aromatic rings. The van der Waals surface area contributed by atoms with E-state index in [-0.39, 0.29) is 11.4 Å². The van der Waals surface area contributed by atoms with Gasteiger partial charge in [-0.25, -0.2) is 4.98 Å². The van der Waals surface area contributed by atoms with E-state index < -0.39 is 0 Å². The Morgan fingerprint density at radius 1 is 1.43 bits per heavy atom. The highest BCUT2D eigenvalue weighted by molar-refractivity contribution is 6.14. The van der Waals surface area contributed by atoms with Crippen LogP contribution in [0.2, 0.25) is 0 Å². The summed E-state index contributed by atoms with van der Waals surface area (Å²) in [5, 5.41) is 9.19. The summed E-state index contributed by atoms with van der Waals surface area (Å²) in [5.74, 6) is -0.207. The molecule has 0 spiro atoms. The van der Waals surface area contributed by atoms with Gasteiger partial charge >= 0.3 is 0 Å². The molecule has 3 rings (SSSR count). The average Bonchev–Trinajstić information content (AvgIpc) is 3.19. The zero-order valence-corrected chi connectivity index (χ0v) is 13.0. The van der Waals surface area contributed by atoms with Crippen molar-refractivity contribution in [3.05, 3.63) is 65.4 Å². The Labute approximate surface area is 134 Å². The van der Waals surface area contributed by atoms with Crippen molar-refractivity contribution in [1.29, 1.82) is 5.26 Å². The molecule has 0 bridgehead atoms. The number of fused-ring (bicyclic) bond motifs is 1. The summed E-state index contributed by atoms with van der Waals surface area (Å²) in [5.41, 5.74) is 3.91. The van der Waals surface area contributed by atoms with E-state index in [0.717, 1.165) is 16.8 Å². The van der Waals surface area contributed by atoms with Gasteiger partial charge in [0.2, 0.25) is 5.78 Å². The van der Waals surface area contributed by atoms with Crippen LogP contribution in [-0.4, -0.2) is 34.3 Å². The molecule has 0 atom stereocenters. The molecule has 0 saturated heterocycles. The van der Waals surface area contributed by atoms with E-state index in [1.807, 2.05) is 41.1 Å². The molecule has 1 aliphatic rings. The minimum Gasteiger partial charge on any atom is -0.382 e. The maximum absolute atomic E-state index is 12.5. The zero-order chi connectivity index (χ0) is 16.4. The molecule has 0 amide bonds. The summed E-state index contributed by atoms with van der Waals surface area (Å²) >= 11 is 0. The van der Waals surface area contributed by atoms with Gasteiger partial charge in [0, 0.05) is 50.4 Å². The minimum absolute atomic E-state index is 0.156. The number of carbonyl (C=O) groups is 1. The molecular weight excluding hydrogens is 288 g/mol. The molecule has 0 radical (unpaired) electrons. The summed E-state index contributed by atoms with van der Waals surface area (Å²) in [6.45, 7) is 0. The van der Waals surface area contributed by atoms with E-state index in [1.54, 1.807) is 37.7 Å². The second kappa shape index (κ2) is 5.93. The Kier molecular flexibility index (Phi) is 3.82. The highest BCUT2D eigenvalue weighted by Crippen LogP contribution is 2.28. The number of allylic oxidation sites excluding steroid dienone is 2. The van der Waals surface area contributed by atoms with Crippen molar-refractivity contribution in [2.24, 2.45) is 0 Å². The van der Waals surface area contributed by atoms with Crippen LogP contribution in [0.4, 0.5) is 0 Å². The predicted molar refractivity (Wildman–Crippen MR) is 87.6 cm³/mol. The Bertz CT molecular complexity index is 852. The van der Waals surface area contributed by atoms with E-state index in [9.17, 15) is 10.1 Å². The van der Waals surface area contributed by atoms with E-state index in [1.165, 1.54) is 0 Å². The molecule has 23 heavy (non-hydrogen) atoms. The molecule has 5 heteroatoms. The Hall–Kier alpha value is -3.13. The predicted octanol–water partition coefficient (Wildman–Crippen LogP) is 2.35. The van der Waals surface area contributed by atoms with Crippen molar-refractivity contribution in [2.75, 3.05) is 14.1 Å². The van der Waals surface area contributed by atoms with Crippen LogP contribution in [-0.2, 0) is 11.2 Å². The second-order valence-electron chi connectivity index (χ2n) is 5.65. The van der Waals surface area contributed by atoms with Crippen LogP contribution in [0, 0.1) is 11.3 Å². The fraction of sp³-hybridized carbons (Fsp3) is 0.167. The zero-order valence-electron chi connectivity index (χ0n) is 13.0. The van der Waals surface area contributed by atoms with Gasteiger partial charge < -0.3 is 9.47 Å². The second-order valence-corrected chi connectivity index (χ2v) is 5.65. The quantitative estimate of drug-likeness (QED) is 0.642. The monoisotopic (exact) mass is 304 g/mol. The summed E-state index contributed by atoms with van der Waals surface area (Å²) in [6, 6.07) is 8.03. The lowest BCUT2D eigenvalue weighted by Crippen LogP contribution is -2.10. The van der Waals surface area contributed by atoms with Crippen LogP contribution in [0.1, 0.15) is 11.1 Å². The number of nitrogens with zero attached hydrogens (tertiary/aromatic N) is 4. The lowest BCUT2D eigenvalue weighted by atomic mass is 10.0. The molecule has 1 heterocycles. The third-order valence-corrected chi connectivity index (χ3v) is 3.69. The number of carbonyl (C=O) groups excluding carboxylic acids is 1. The van der Waals surface area contributed by atoms with E-state index >= 15 is 0 Å². The minimum atomic E-state index is -0.207. The van der Waals surface area contributed by atoms with Crippen LogP contribution < -0.4 is 0 Å². The maximum Gasteiger partial charge on any atom is 0.201 e. The SMILES string of the molecule is CN(C)C=C(C#N)C(=O)C1=Cc2cc(-n3ccnc3)ccc2C1. The van der Waals surface area contributed by atoms with Crippen LogP contribution in [0.3, 0.4) is 0 Å². The Morgan fingerprint density at radius 2 is 2.26 bits per heavy atom. The van der Waals surface area contributed by atoms with E-state index in [0.29, 0.717) is 12.0 Å². The highest BCUT2D eigenvalue weighted by Gasteiger charge is 2.22. The van der Waals surface area contributed by atoms with Crippen LogP contribution in [0.25, 0.3) is 11.8 Å². The van der Waals surface area contributed by atoms with Crippen molar-refractivity contribution in [3.63, 3.8) is 0 Å². The summed E-state index contributed by atoms with van der Waals surface area (Å²) in [4.78, 5) is 18.2. The van der Waals surface area contributed by atoms with Gasteiger partial charge in [-0.15, -0.1) is 0 Å². The van der Waals surface area contributed by atoms with Crippen LogP contribution in [0.5, 0.6) is 0 Å². The van der Waals surface area contributed by atoms with E-state index in [4.69, 9.17) is 0 Å². The first-order valence-corrected chi connectivity index (χ1v) is 7.23. The first-order chi connectivity index (χ1) is 11.1. The van der Waals surface area contributed by atoms with Crippen molar-refractivity contribution >= 4 is 11.9 Å². The molecule has 5 nitrogen and oxygen atoms in total. The lowest BCUT2D eigenvalue weighted by Gasteiger charge is -2.06. The van der Waals surface area contributed by atoms with Gasteiger partial charge in [-0.05, 0) is 29.3 Å². The maximum atomic E-state index is 12.5. The fourth-order valence-electron chi connectivity index (χ4n) is 2.61. The number of hydrogen-bond donors (Lipinski definition) is 0. The van der Waals surface area contributed by atoms with Crippen molar-refractivity contribution in [2.45, 2.75) is 6.42 Å². The smallest absolute Gasteiger partial charge is 0.201 e. The van der Waals surface area contributed by atoms with Crippen LogP contribution in [0.15, 0.2) is 54.3 Å². The molecule has 0 saturated carbocycles. The number of imidazole rings is 1. The number of benzene rings is 1. The fourth-order valence-corrected chi connectivity index (χ4v) is 2.61. The molecular formula is C18H16N4O. The Morgan fingerprint density at radius 3 is 2.91 bits per heavy atom. The van der Waals surface area contributed by atoms with Crippen molar-refractivity contribution in [3.8, 4) is 11.8 Å². The Balaban J connectivity index is 1.91. The summed E-state index contributed by atoms with van der Waals surface area (Å²) < 4.78 is 1.92. The summed E-state index contributed by atoms with van der Waals surface area (Å²) in [6.07, 6.45) is 9.33. The third-order valence-electron chi connectivity index (χ3n) is 3.69. The normalized spacial score (nSPS) is 13.3. The standard InChI is InChI=1S/C18H16N4O/c1-21(2)11-16(10-19)18(23)15-7-13-3-4-17(9-14(13)8-15)22-6-5-20-12-22/h3-6,8-9,11-12H,7H2,1-2H3. The van der Waals surface area contributed by atoms with Gasteiger partial charge in [0.1, 0.15) is 11.6 Å². The number of ketones is 1. The highest BCUT2D eigenvalue weighted by atomic mass is 16.1. The molecule has 1 aromatic heterocycles. The molecule has 0 N–H and O–H groups in total. The van der Waals surface area contributed by atoms with Gasteiger partial charge in [0.05, 0.1) is 6.33 Å². The lowest BCUT2D eigenvalue weighted by molar-refractivity contribution is -0.111. The van der Waals surface area contributed by atoms with E-state index in [2.05, 4.69) is 4.98 Å².